The average molecular weight is 373 g/mol. The number of amides is 1. The van der Waals surface area contributed by atoms with E-state index >= 15 is 0 Å². The molecule has 8 heteroatoms. The van der Waals surface area contributed by atoms with Crippen LogP contribution in [0.25, 0.3) is 0 Å². The lowest BCUT2D eigenvalue weighted by Gasteiger charge is -2.10. The van der Waals surface area contributed by atoms with Crippen LogP contribution in [0.5, 0.6) is 11.5 Å². The van der Waals surface area contributed by atoms with Crippen molar-refractivity contribution in [2.75, 3.05) is 31.6 Å². The lowest BCUT2D eigenvalue weighted by molar-refractivity contribution is -0.384. The fraction of sp³-hybridized carbons (Fsp3) is 0.316. The molecule has 2 aromatic rings. The molecule has 0 saturated heterocycles. The van der Waals surface area contributed by atoms with Crippen LogP contribution in [0.1, 0.15) is 13.3 Å². The SMILES string of the molecule is CCCOc1ccc(OCC(=O)NCCNc2ccccc2[N+](=O)[O-])cc1. The van der Waals surface area contributed by atoms with Gasteiger partial charge in [-0.05, 0) is 36.8 Å². The third kappa shape index (κ3) is 6.85. The molecule has 0 aliphatic carbocycles. The van der Waals surface area contributed by atoms with E-state index in [9.17, 15) is 14.9 Å². The maximum absolute atomic E-state index is 11.8. The van der Waals surface area contributed by atoms with Crippen molar-refractivity contribution in [2.24, 2.45) is 0 Å². The second kappa shape index (κ2) is 10.6. The molecule has 27 heavy (non-hydrogen) atoms. The van der Waals surface area contributed by atoms with Crippen LogP contribution in [0.3, 0.4) is 0 Å². The van der Waals surface area contributed by atoms with Gasteiger partial charge in [0.2, 0.25) is 0 Å². The molecule has 1 amide bonds. The number of ether oxygens (including phenoxy) is 2. The summed E-state index contributed by atoms with van der Waals surface area (Å²) in [6, 6.07) is 13.4. The summed E-state index contributed by atoms with van der Waals surface area (Å²) in [5, 5.41) is 16.6. The minimum atomic E-state index is -0.451. The molecular weight excluding hydrogens is 350 g/mol. The number of nitro groups is 1. The van der Waals surface area contributed by atoms with E-state index in [0.717, 1.165) is 12.2 Å². The smallest absolute Gasteiger partial charge is 0.292 e. The summed E-state index contributed by atoms with van der Waals surface area (Å²) in [5.41, 5.74) is 0.414. The summed E-state index contributed by atoms with van der Waals surface area (Å²) in [4.78, 5) is 22.3. The van der Waals surface area contributed by atoms with Gasteiger partial charge in [-0.2, -0.15) is 0 Å². The summed E-state index contributed by atoms with van der Waals surface area (Å²) < 4.78 is 10.9. The number of anilines is 1. The Bertz CT molecular complexity index is 749. The van der Waals surface area contributed by atoms with Crippen molar-refractivity contribution in [3.05, 3.63) is 58.6 Å². The highest BCUT2D eigenvalue weighted by Gasteiger charge is 2.11. The number of carbonyl (C=O) groups is 1. The van der Waals surface area contributed by atoms with Crippen molar-refractivity contribution in [3.8, 4) is 11.5 Å². The molecule has 0 spiro atoms. The van der Waals surface area contributed by atoms with Gasteiger partial charge in [0.15, 0.2) is 6.61 Å². The van der Waals surface area contributed by atoms with Crippen molar-refractivity contribution in [3.63, 3.8) is 0 Å². The largest absolute Gasteiger partial charge is 0.494 e. The van der Waals surface area contributed by atoms with E-state index in [1.807, 2.05) is 6.92 Å². The Hall–Kier alpha value is -3.29. The van der Waals surface area contributed by atoms with Crippen LogP contribution in [0.15, 0.2) is 48.5 Å². The summed E-state index contributed by atoms with van der Waals surface area (Å²) in [5.74, 6) is 1.06. The molecule has 0 heterocycles. The molecule has 2 aromatic carbocycles. The molecule has 0 unspecified atom stereocenters. The minimum Gasteiger partial charge on any atom is -0.494 e. The van der Waals surface area contributed by atoms with Crippen molar-refractivity contribution < 1.29 is 19.2 Å². The first-order valence-electron chi connectivity index (χ1n) is 8.69. The predicted molar refractivity (Wildman–Crippen MR) is 102 cm³/mol. The summed E-state index contributed by atoms with van der Waals surface area (Å²) in [6.07, 6.45) is 0.935. The van der Waals surface area contributed by atoms with Gasteiger partial charge in [-0.25, -0.2) is 0 Å². The standard InChI is InChI=1S/C19H23N3O5/c1-2-13-26-15-7-9-16(10-8-15)27-14-19(23)21-12-11-20-17-5-3-4-6-18(17)22(24)25/h3-10,20H,2,11-14H2,1H3,(H,21,23). The monoisotopic (exact) mass is 373 g/mol. The number of benzene rings is 2. The molecule has 0 aliphatic heterocycles. The zero-order valence-electron chi connectivity index (χ0n) is 15.1. The molecule has 2 rings (SSSR count). The van der Waals surface area contributed by atoms with Crippen molar-refractivity contribution in [2.45, 2.75) is 13.3 Å². The molecule has 144 valence electrons. The molecule has 0 bridgehead atoms. The third-order valence-electron chi connectivity index (χ3n) is 3.53. The second-order valence-corrected chi connectivity index (χ2v) is 5.66. The highest BCUT2D eigenvalue weighted by molar-refractivity contribution is 5.77. The lowest BCUT2D eigenvalue weighted by atomic mass is 10.2. The summed E-state index contributed by atoms with van der Waals surface area (Å²) in [6.45, 7) is 3.26. The first kappa shape index (κ1) is 20.0. The lowest BCUT2D eigenvalue weighted by Crippen LogP contribution is -2.32. The molecule has 0 saturated carbocycles. The maximum atomic E-state index is 11.8. The van der Waals surface area contributed by atoms with Crippen LogP contribution in [0.2, 0.25) is 0 Å². The van der Waals surface area contributed by atoms with Gasteiger partial charge in [0, 0.05) is 19.2 Å². The zero-order valence-corrected chi connectivity index (χ0v) is 15.1. The number of carbonyl (C=O) groups excluding carboxylic acids is 1. The molecule has 2 N–H and O–H groups in total. The third-order valence-corrected chi connectivity index (χ3v) is 3.53. The number of hydrogen-bond donors (Lipinski definition) is 2. The first-order valence-corrected chi connectivity index (χ1v) is 8.69. The highest BCUT2D eigenvalue weighted by atomic mass is 16.6. The van der Waals surface area contributed by atoms with Crippen LogP contribution >= 0.6 is 0 Å². The van der Waals surface area contributed by atoms with E-state index in [0.29, 0.717) is 31.1 Å². The Kier molecular flexibility index (Phi) is 7.90. The molecule has 0 aliphatic rings. The van der Waals surface area contributed by atoms with Crippen LogP contribution in [0, 0.1) is 10.1 Å². The molecule has 0 atom stereocenters. The topological polar surface area (TPSA) is 103 Å². The van der Waals surface area contributed by atoms with Gasteiger partial charge in [-0.1, -0.05) is 19.1 Å². The van der Waals surface area contributed by atoms with Crippen LogP contribution in [0.4, 0.5) is 11.4 Å². The Morgan fingerprint density at radius 1 is 1.04 bits per heavy atom. The molecule has 8 nitrogen and oxygen atoms in total. The quantitative estimate of drug-likeness (QED) is 0.357. The number of nitrogens with zero attached hydrogens (tertiary/aromatic N) is 1. The van der Waals surface area contributed by atoms with E-state index in [2.05, 4.69) is 10.6 Å². The maximum Gasteiger partial charge on any atom is 0.292 e. The van der Waals surface area contributed by atoms with Gasteiger partial charge in [0.05, 0.1) is 11.5 Å². The number of nitro benzene ring substituents is 1. The zero-order chi connectivity index (χ0) is 19.5. The minimum absolute atomic E-state index is 0.00137. The molecule has 0 fully saturated rings. The van der Waals surface area contributed by atoms with E-state index < -0.39 is 4.92 Å². The Morgan fingerprint density at radius 2 is 1.70 bits per heavy atom. The van der Waals surface area contributed by atoms with Gasteiger partial charge < -0.3 is 20.1 Å². The van der Waals surface area contributed by atoms with E-state index in [-0.39, 0.29) is 18.2 Å². The molecule has 0 radical (unpaired) electrons. The fourth-order valence-electron chi connectivity index (χ4n) is 2.23. The summed E-state index contributed by atoms with van der Waals surface area (Å²) >= 11 is 0. The Labute approximate surface area is 157 Å². The average Bonchev–Trinajstić information content (AvgIpc) is 2.69. The van der Waals surface area contributed by atoms with Gasteiger partial charge in [-0.15, -0.1) is 0 Å². The van der Waals surface area contributed by atoms with Crippen molar-refractivity contribution in [1.29, 1.82) is 0 Å². The molecule has 0 aromatic heterocycles. The normalized spacial score (nSPS) is 10.1. The highest BCUT2D eigenvalue weighted by Crippen LogP contribution is 2.22. The summed E-state index contributed by atoms with van der Waals surface area (Å²) in [7, 11) is 0. The van der Waals surface area contributed by atoms with Gasteiger partial charge in [0.25, 0.3) is 11.6 Å². The Morgan fingerprint density at radius 3 is 2.37 bits per heavy atom. The molecular formula is C19H23N3O5. The fourth-order valence-corrected chi connectivity index (χ4v) is 2.23. The van der Waals surface area contributed by atoms with E-state index in [4.69, 9.17) is 9.47 Å². The van der Waals surface area contributed by atoms with Gasteiger partial charge in [-0.3, -0.25) is 14.9 Å². The van der Waals surface area contributed by atoms with Crippen molar-refractivity contribution in [1.82, 2.24) is 5.32 Å². The van der Waals surface area contributed by atoms with Crippen LogP contribution in [-0.4, -0.2) is 37.1 Å². The number of rotatable bonds is 11. The second-order valence-electron chi connectivity index (χ2n) is 5.66. The van der Waals surface area contributed by atoms with Gasteiger partial charge in [0.1, 0.15) is 17.2 Å². The number of para-hydroxylation sites is 2. The number of nitrogens with one attached hydrogen (secondary N) is 2. The first-order chi connectivity index (χ1) is 13.1. The van der Waals surface area contributed by atoms with Crippen LogP contribution in [-0.2, 0) is 4.79 Å². The van der Waals surface area contributed by atoms with Crippen LogP contribution < -0.4 is 20.1 Å². The Balaban J connectivity index is 1.67. The van der Waals surface area contributed by atoms with Gasteiger partial charge >= 0.3 is 0 Å². The number of hydrogen-bond acceptors (Lipinski definition) is 6. The predicted octanol–water partition coefficient (Wildman–Crippen LogP) is 2.99. The van der Waals surface area contributed by atoms with E-state index in [1.54, 1.807) is 42.5 Å². The van der Waals surface area contributed by atoms with Crippen molar-refractivity contribution >= 4 is 17.3 Å². The van der Waals surface area contributed by atoms with E-state index in [1.165, 1.54) is 6.07 Å².